The highest BCUT2D eigenvalue weighted by Gasteiger charge is 2.28. The zero-order valence-electron chi connectivity index (χ0n) is 8.97. The number of sulfonamides is 1. The summed E-state index contributed by atoms with van der Waals surface area (Å²) in [5.74, 6) is 0. The van der Waals surface area contributed by atoms with Gasteiger partial charge in [-0.3, -0.25) is 0 Å². The summed E-state index contributed by atoms with van der Waals surface area (Å²) in [5, 5.41) is 11.1. The molecular weight excluding hydrogens is 238 g/mol. The highest BCUT2D eigenvalue weighted by atomic mass is 32.2. The van der Waals surface area contributed by atoms with Crippen LogP contribution in [0.2, 0.25) is 0 Å². The standard InChI is InChI=1S/C12H11NO3S/c14-7-8-5-12-11(6-13-17(12,15)16)10-4-2-1-3-9(8)10/h1-5,13-14H,6-7H2. The van der Waals surface area contributed by atoms with Crippen molar-refractivity contribution in [2.24, 2.45) is 0 Å². The smallest absolute Gasteiger partial charge is 0.241 e. The fourth-order valence-corrected chi connectivity index (χ4v) is 3.57. The number of rotatable bonds is 1. The monoisotopic (exact) mass is 249 g/mol. The lowest BCUT2D eigenvalue weighted by Gasteiger charge is -2.08. The molecule has 3 rings (SSSR count). The van der Waals surface area contributed by atoms with Gasteiger partial charge in [0.15, 0.2) is 0 Å². The minimum absolute atomic E-state index is 0.163. The van der Waals surface area contributed by atoms with E-state index < -0.39 is 10.0 Å². The van der Waals surface area contributed by atoms with E-state index in [9.17, 15) is 13.5 Å². The summed E-state index contributed by atoms with van der Waals surface area (Å²) in [7, 11) is -3.39. The number of hydrogen-bond donors (Lipinski definition) is 2. The van der Waals surface area contributed by atoms with Gasteiger partial charge in [0.25, 0.3) is 0 Å². The average molecular weight is 249 g/mol. The minimum atomic E-state index is -3.39. The molecule has 0 saturated carbocycles. The number of aliphatic hydroxyl groups is 1. The third kappa shape index (κ3) is 1.47. The number of aliphatic hydroxyl groups excluding tert-OH is 1. The van der Waals surface area contributed by atoms with E-state index >= 15 is 0 Å². The summed E-state index contributed by atoms with van der Waals surface area (Å²) in [6.07, 6.45) is 0. The molecule has 0 spiro atoms. The van der Waals surface area contributed by atoms with E-state index in [1.165, 1.54) is 0 Å². The van der Waals surface area contributed by atoms with E-state index in [0.717, 1.165) is 16.3 Å². The lowest BCUT2D eigenvalue weighted by molar-refractivity contribution is 0.283. The molecule has 5 heteroatoms. The molecule has 0 unspecified atom stereocenters. The van der Waals surface area contributed by atoms with E-state index in [1.54, 1.807) is 6.07 Å². The fraction of sp³-hybridized carbons (Fsp3) is 0.167. The Labute approximate surface area is 98.9 Å². The van der Waals surface area contributed by atoms with Crippen LogP contribution in [0.3, 0.4) is 0 Å². The van der Waals surface area contributed by atoms with Crippen LogP contribution in [0.1, 0.15) is 11.1 Å². The summed E-state index contributed by atoms with van der Waals surface area (Å²) >= 11 is 0. The van der Waals surface area contributed by atoms with Gasteiger partial charge in [-0.2, -0.15) is 0 Å². The lowest BCUT2D eigenvalue weighted by atomic mass is 10.00. The third-order valence-corrected chi connectivity index (χ3v) is 4.57. The minimum Gasteiger partial charge on any atom is -0.392 e. The van der Waals surface area contributed by atoms with Crippen molar-refractivity contribution in [3.8, 4) is 0 Å². The lowest BCUT2D eigenvalue weighted by Crippen LogP contribution is -2.13. The Bertz CT molecular complexity index is 707. The molecule has 2 aromatic carbocycles. The molecule has 0 bridgehead atoms. The van der Waals surface area contributed by atoms with Crippen LogP contribution in [0, 0.1) is 0 Å². The van der Waals surface area contributed by atoms with Crippen LogP contribution in [0.5, 0.6) is 0 Å². The summed E-state index contributed by atoms with van der Waals surface area (Å²) < 4.78 is 26.0. The predicted octanol–water partition coefficient (Wildman–Crippen LogP) is 1.12. The summed E-state index contributed by atoms with van der Waals surface area (Å²) in [5.41, 5.74) is 1.43. The highest BCUT2D eigenvalue weighted by Crippen LogP contribution is 2.32. The van der Waals surface area contributed by atoms with Gasteiger partial charge in [0.05, 0.1) is 11.5 Å². The van der Waals surface area contributed by atoms with E-state index in [-0.39, 0.29) is 6.61 Å². The second-order valence-electron chi connectivity index (χ2n) is 4.04. The van der Waals surface area contributed by atoms with E-state index in [0.29, 0.717) is 17.0 Å². The van der Waals surface area contributed by atoms with E-state index in [4.69, 9.17) is 0 Å². The van der Waals surface area contributed by atoms with Gasteiger partial charge in [-0.1, -0.05) is 24.3 Å². The zero-order chi connectivity index (χ0) is 12.0. The van der Waals surface area contributed by atoms with Crippen molar-refractivity contribution < 1.29 is 13.5 Å². The third-order valence-electron chi connectivity index (χ3n) is 3.10. The SMILES string of the molecule is O=S1(=O)NCc2c1cc(CO)c1ccccc21. The summed E-state index contributed by atoms with van der Waals surface area (Å²) in [6.45, 7) is 0.160. The topological polar surface area (TPSA) is 66.4 Å². The second-order valence-corrected chi connectivity index (χ2v) is 5.78. The van der Waals surface area contributed by atoms with Crippen molar-refractivity contribution in [3.63, 3.8) is 0 Å². The second kappa shape index (κ2) is 3.53. The quantitative estimate of drug-likeness (QED) is 0.796. The maximum Gasteiger partial charge on any atom is 0.241 e. The molecule has 4 nitrogen and oxygen atoms in total. The molecule has 0 fully saturated rings. The van der Waals surface area contributed by atoms with Crippen molar-refractivity contribution >= 4 is 20.8 Å². The van der Waals surface area contributed by atoms with Gasteiger partial charge in [0.2, 0.25) is 10.0 Å². The molecule has 1 aliphatic heterocycles. The first-order valence-electron chi connectivity index (χ1n) is 5.27. The Morgan fingerprint density at radius 2 is 1.94 bits per heavy atom. The molecule has 0 atom stereocenters. The first-order chi connectivity index (χ1) is 8.13. The van der Waals surface area contributed by atoms with Gasteiger partial charge >= 0.3 is 0 Å². The Balaban J connectivity index is 2.49. The number of fused-ring (bicyclic) bond motifs is 3. The molecule has 1 aliphatic rings. The van der Waals surface area contributed by atoms with Gasteiger partial charge in [-0.25, -0.2) is 13.1 Å². The summed E-state index contributed by atoms with van der Waals surface area (Å²) in [6, 6.07) is 9.09. The first kappa shape index (κ1) is 10.7. The van der Waals surface area contributed by atoms with Crippen LogP contribution in [0.15, 0.2) is 35.2 Å². The maximum atomic E-state index is 11.8. The van der Waals surface area contributed by atoms with E-state index in [2.05, 4.69) is 4.72 Å². The Kier molecular flexibility index (Phi) is 2.22. The van der Waals surface area contributed by atoms with Crippen LogP contribution in [0.4, 0.5) is 0 Å². The van der Waals surface area contributed by atoms with Crippen molar-refractivity contribution in [1.82, 2.24) is 4.72 Å². The molecule has 88 valence electrons. The largest absolute Gasteiger partial charge is 0.392 e. The summed E-state index contributed by atoms with van der Waals surface area (Å²) in [4.78, 5) is 0.292. The van der Waals surface area contributed by atoms with Crippen molar-refractivity contribution in [3.05, 3.63) is 41.5 Å². The van der Waals surface area contributed by atoms with Gasteiger partial charge in [0.1, 0.15) is 0 Å². The number of nitrogens with one attached hydrogen (secondary N) is 1. The fourth-order valence-electron chi connectivity index (χ4n) is 2.28. The molecule has 0 aromatic heterocycles. The Hall–Kier alpha value is -1.43. The molecule has 2 aromatic rings. The maximum absolute atomic E-state index is 11.8. The van der Waals surface area contributed by atoms with Gasteiger partial charge in [-0.15, -0.1) is 0 Å². The van der Waals surface area contributed by atoms with Crippen LogP contribution in [0.25, 0.3) is 10.8 Å². The van der Waals surface area contributed by atoms with Gasteiger partial charge < -0.3 is 5.11 Å². The molecule has 0 amide bonds. The molecule has 1 heterocycles. The molecule has 0 radical (unpaired) electrons. The number of benzene rings is 2. The Morgan fingerprint density at radius 3 is 2.65 bits per heavy atom. The zero-order valence-corrected chi connectivity index (χ0v) is 9.79. The molecule has 0 aliphatic carbocycles. The normalized spacial score (nSPS) is 17.2. The molecule has 17 heavy (non-hydrogen) atoms. The Morgan fingerprint density at radius 1 is 1.24 bits per heavy atom. The first-order valence-corrected chi connectivity index (χ1v) is 6.76. The molecule has 2 N–H and O–H groups in total. The van der Waals surface area contributed by atoms with Crippen molar-refractivity contribution in [2.45, 2.75) is 18.0 Å². The van der Waals surface area contributed by atoms with Crippen LogP contribution < -0.4 is 4.72 Å². The predicted molar refractivity (Wildman–Crippen MR) is 63.9 cm³/mol. The van der Waals surface area contributed by atoms with Crippen molar-refractivity contribution in [2.75, 3.05) is 0 Å². The average Bonchev–Trinajstić information content (AvgIpc) is 2.64. The van der Waals surface area contributed by atoms with Crippen LogP contribution in [-0.4, -0.2) is 13.5 Å². The van der Waals surface area contributed by atoms with Crippen LogP contribution >= 0.6 is 0 Å². The molecular formula is C12H11NO3S. The molecule has 0 saturated heterocycles. The van der Waals surface area contributed by atoms with Crippen molar-refractivity contribution in [1.29, 1.82) is 0 Å². The number of hydrogen-bond acceptors (Lipinski definition) is 3. The van der Waals surface area contributed by atoms with E-state index in [1.807, 2.05) is 24.3 Å². The van der Waals surface area contributed by atoms with Gasteiger partial charge in [0, 0.05) is 6.54 Å². The highest BCUT2D eigenvalue weighted by molar-refractivity contribution is 7.89. The van der Waals surface area contributed by atoms with Crippen LogP contribution in [-0.2, 0) is 23.2 Å². The van der Waals surface area contributed by atoms with Gasteiger partial charge in [-0.05, 0) is 28.0 Å².